The van der Waals surface area contributed by atoms with Crippen molar-refractivity contribution in [3.63, 3.8) is 0 Å². The second-order valence-electron chi connectivity index (χ2n) is 8.31. The van der Waals surface area contributed by atoms with Gasteiger partial charge in [0.2, 0.25) is 5.91 Å². The number of carbonyl (C=O) groups excluding carboxylic acids is 3. The first kappa shape index (κ1) is 30.1. The van der Waals surface area contributed by atoms with E-state index >= 15 is 0 Å². The first-order valence-electron chi connectivity index (χ1n) is 10.8. The number of ether oxygens (including phenoxy) is 1. The molecular formula is C22H43BrN2O4. The maximum atomic E-state index is 11.9. The van der Waals surface area contributed by atoms with E-state index in [0.29, 0.717) is 18.8 Å². The van der Waals surface area contributed by atoms with Gasteiger partial charge in [-0.05, 0) is 38.5 Å². The normalized spacial score (nSPS) is 13.1. The molecule has 29 heavy (non-hydrogen) atoms. The van der Waals surface area contributed by atoms with E-state index in [1.807, 2.05) is 19.2 Å². The first-order chi connectivity index (χ1) is 13.4. The van der Waals surface area contributed by atoms with Gasteiger partial charge in [0.25, 0.3) is 0 Å². The Morgan fingerprint density at radius 1 is 1.03 bits per heavy atom. The highest BCUT2D eigenvalue weighted by atomic mass is 79.9. The number of hydrogen-bond acceptors (Lipinski definition) is 4. The monoisotopic (exact) mass is 478 g/mol. The summed E-state index contributed by atoms with van der Waals surface area (Å²) in [6, 6.07) is -0.814. The molecule has 0 aromatic rings. The summed E-state index contributed by atoms with van der Waals surface area (Å²) >= 11 is 3.26. The van der Waals surface area contributed by atoms with E-state index in [1.165, 1.54) is 32.8 Å². The minimum Gasteiger partial charge on any atom is -0.469 e. The lowest BCUT2D eigenvalue weighted by Gasteiger charge is -2.28. The van der Waals surface area contributed by atoms with Gasteiger partial charge in [-0.1, -0.05) is 82.7 Å². The van der Waals surface area contributed by atoms with E-state index in [1.54, 1.807) is 0 Å². The zero-order valence-electron chi connectivity index (χ0n) is 19.5. The fraction of sp³-hybridized carbons (Fsp3) is 0.864. The van der Waals surface area contributed by atoms with Crippen LogP contribution in [-0.2, 0) is 14.3 Å². The molecule has 3 N–H and O–H groups in total. The van der Waals surface area contributed by atoms with Crippen LogP contribution in [0, 0.1) is 11.3 Å². The Morgan fingerprint density at radius 3 is 1.93 bits per heavy atom. The molecule has 0 bridgehead atoms. The van der Waals surface area contributed by atoms with Crippen molar-refractivity contribution in [2.45, 2.75) is 104 Å². The molecule has 0 saturated carbocycles. The number of esters is 1. The molecule has 0 saturated heterocycles. The zero-order chi connectivity index (χ0) is 23.1. The van der Waals surface area contributed by atoms with Crippen LogP contribution in [0.25, 0.3) is 0 Å². The first-order valence-corrected chi connectivity index (χ1v) is 11.6. The van der Waals surface area contributed by atoms with Gasteiger partial charge in [-0.3, -0.25) is 14.9 Å². The van der Waals surface area contributed by atoms with Gasteiger partial charge in [0, 0.05) is 0 Å². The maximum Gasteiger partial charge on any atom is 0.318 e. The Bertz CT molecular complexity index is 493. The third-order valence-corrected chi connectivity index (χ3v) is 6.62. The molecule has 0 aromatic carbocycles. The number of urea groups is 1. The molecule has 0 aliphatic heterocycles. The smallest absolute Gasteiger partial charge is 0.318 e. The second kappa shape index (κ2) is 15.7. The quantitative estimate of drug-likeness (QED) is 0.213. The number of unbranched alkanes of at least 4 members (excludes halogenated alkanes) is 4. The largest absolute Gasteiger partial charge is 0.469 e. The van der Waals surface area contributed by atoms with Crippen molar-refractivity contribution in [2.75, 3.05) is 7.11 Å². The summed E-state index contributed by atoms with van der Waals surface area (Å²) in [5.74, 6) is 0.122. The summed E-state index contributed by atoms with van der Waals surface area (Å²) in [4.78, 5) is 33.5. The van der Waals surface area contributed by atoms with Crippen LogP contribution >= 0.6 is 15.9 Å². The van der Waals surface area contributed by atoms with Crippen LogP contribution in [-0.4, -0.2) is 29.3 Å². The lowest BCUT2D eigenvalue weighted by Crippen LogP contribution is -2.46. The van der Waals surface area contributed by atoms with E-state index < -0.39 is 10.4 Å². The number of alkyl halides is 1. The predicted octanol–water partition coefficient (Wildman–Crippen LogP) is 5.71. The van der Waals surface area contributed by atoms with Crippen molar-refractivity contribution in [3.05, 3.63) is 0 Å². The molecule has 1 unspecified atom stereocenters. The van der Waals surface area contributed by atoms with Crippen LogP contribution in [0.5, 0.6) is 0 Å². The van der Waals surface area contributed by atoms with E-state index in [2.05, 4.69) is 43.6 Å². The molecule has 0 aliphatic rings. The Hall–Kier alpha value is -1.11. The number of primary amides is 1. The van der Waals surface area contributed by atoms with E-state index in [9.17, 15) is 14.4 Å². The number of methoxy groups -OCH3 is 1. The second-order valence-corrected chi connectivity index (χ2v) is 9.82. The molecule has 1 atom stereocenters. The van der Waals surface area contributed by atoms with Crippen molar-refractivity contribution >= 4 is 33.8 Å². The highest BCUT2D eigenvalue weighted by Crippen LogP contribution is 2.33. The summed E-state index contributed by atoms with van der Waals surface area (Å²) in [7, 11) is 1.50. The molecule has 0 rings (SSSR count). The number of carbonyl (C=O) groups is 3. The van der Waals surface area contributed by atoms with Gasteiger partial charge < -0.3 is 10.5 Å². The lowest BCUT2D eigenvalue weighted by atomic mass is 9.78. The van der Waals surface area contributed by atoms with Crippen LogP contribution < -0.4 is 11.1 Å². The molecule has 6 nitrogen and oxygen atoms in total. The Balaban J connectivity index is 0. The Morgan fingerprint density at radius 2 is 1.55 bits per heavy atom. The fourth-order valence-corrected chi connectivity index (χ4v) is 3.45. The molecule has 0 heterocycles. The van der Waals surface area contributed by atoms with Crippen LogP contribution in [0.3, 0.4) is 0 Å². The third-order valence-electron chi connectivity index (χ3n) is 5.13. The summed E-state index contributed by atoms with van der Waals surface area (Å²) in [5.41, 5.74) is 4.53. The number of nitrogens with one attached hydrogen (secondary N) is 1. The van der Waals surface area contributed by atoms with Gasteiger partial charge in [-0.25, -0.2) is 4.79 Å². The molecule has 172 valence electrons. The molecule has 3 amide bonds. The molecule has 0 radical (unpaired) electrons. The lowest BCUT2D eigenvalue weighted by molar-refractivity contribution is -0.153. The zero-order valence-corrected chi connectivity index (χ0v) is 21.1. The maximum absolute atomic E-state index is 11.9. The van der Waals surface area contributed by atoms with Gasteiger partial charge in [-0.15, -0.1) is 0 Å². The molecular weight excluding hydrogens is 436 g/mol. The highest BCUT2D eigenvalue weighted by molar-refractivity contribution is 9.10. The van der Waals surface area contributed by atoms with E-state index in [4.69, 9.17) is 10.5 Å². The van der Waals surface area contributed by atoms with Gasteiger partial charge in [0.05, 0.1) is 12.5 Å². The third kappa shape index (κ3) is 12.9. The summed E-state index contributed by atoms with van der Waals surface area (Å²) in [5, 5.41) is 2.04. The highest BCUT2D eigenvalue weighted by Gasteiger charge is 2.34. The molecule has 7 heteroatoms. The van der Waals surface area contributed by atoms with Crippen LogP contribution in [0.2, 0.25) is 0 Å². The van der Waals surface area contributed by atoms with Crippen molar-refractivity contribution in [2.24, 2.45) is 17.1 Å². The molecule has 0 aliphatic carbocycles. The molecule has 0 fully saturated rings. The Kier molecular flexibility index (Phi) is 16.3. The van der Waals surface area contributed by atoms with Gasteiger partial charge in [-0.2, -0.15) is 0 Å². The minimum atomic E-state index is -0.814. The van der Waals surface area contributed by atoms with E-state index in [-0.39, 0.29) is 17.3 Å². The van der Waals surface area contributed by atoms with Crippen molar-refractivity contribution < 1.29 is 19.1 Å². The predicted molar refractivity (Wildman–Crippen MR) is 123 cm³/mol. The fourth-order valence-electron chi connectivity index (χ4n) is 3.35. The van der Waals surface area contributed by atoms with E-state index in [0.717, 1.165) is 19.3 Å². The molecule has 0 spiro atoms. The Labute approximate surface area is 186 Å². The summed E-state index contributed by atoms with van der Waals surface area (Å²) in [6.45, 7) is 12.3. The van der Waals surface area contributed by atoms with Gasteiger partial charge >= 0.3 is 12.0 Å². The minimum absolute atomic E-state index is 0.0401. The number of rotatable bonds is 12. The van der Waals surface area contributed by atoms with Crippen LogP contribution in [0.4, 0.5) is 4.79 Å². The van der Waals surface area contributed by atoms with Crippen LogP contribution in [0.15, 0.2) is 0 Å². The summed E-state index contributed by atoms with van der Waals surface area (Å²) in [6.07, 6.45) is 9.34. The SMILES string of the molecule is CCC(Br)(CC)C(=O)NC(N)=O.CCCCCCCC(C)(CC(C)C)C(=O)OC. The standard InChI is InChI=1S/C15H30O2.C7H13BrN2O2/c1-6-7-8-9-10-11-15(4,12-13(2)3)14(16)17-5;1-3-7(8,4-2)5(11)10-6(9)12/h13H,6-12H2,1-5H3;3-4H2,1-2H3,(H3,9,10,11,12). The number of imide groups is 1. The number of amides is 3. The van der Waals surface area contributed by atoms with Gasteiger partial charge in [0.1, 0.15) is 4.32 Å². The molecule has 0 aromatic heterocycles. The number of nitrogens with two attached hydrogens (primary N) is 1. The van der Waals surface area contributed by atoms with Crippen molar-refractivity contribution in [1.29, 1.82) is 0 Å². The van der Waals surface area contributed by atoms with Crippen molar-refractivity contribution in [3.8, 4) is 0 Å². The average Bonchev–Trinajstić information content (AvgIpc) is 2.65. The van der Waals surface area contributed by atoms with Crippen molar-refractivity contribution in [1.82, 2.24) is 5.32 Å². The van der Waals surface area contributed by atoms with Gasteiger partial charge in [0.15, 0.2) is 0 Å². The number of halogens is 1. The van der Waals surface area contributed by atoms with Crippen LogP contribution in [0.1, 0.15) is 99.3 Å². The average molecular weight is 480 g/mol. The number of hydrogen-bond donors (Lipinski definition) is 2. The summed E-state index contributed by atoms with van der Waals surface area (Å²) < 4.78 is 4.29. The topological polar surface area (TPSA) is 98.5 Å².